The van der Waals surface area contributed by atoms with E-state index >= 15 is 0 Å². The molecule has 0 aliphatic heterocycles. The van der Waals surface area contributed by atoms with Gasteiger partial charge in [0.2, 0.25) is 0 Å². The van der Waals surface area contributed by atoms with E-state index in [0.717, 1.165) is 42.5 Å². The molecule has 0 amide bonds. The fourth-order valence-electron chi connectivity index (χ4n) is 2.73. The summed E-state index contributed by atoms with van der Waals surface area (Å²) in [6.45, 7) is 0.836. The molecule has 110 valence electrons. The summed E-state index contributed by atoms with van der Waals surface area (Å²) in [7, 11) is 0. The zero-order chi connectivity index (χ0) is 13.9. The van der Waals surface area contributed by atoms with E-state index in [4.69, 9.17) is 4.74 Å². The van der Waals surface area contributed by atoms with Crippen LogP contribution in [0.15, 0.2) is 22.7 Å². The minimum absolute atomic E-state index is 0.0675. The second-order valence-electron chi connectivity index (χ2n) is 5.89. The van der Waals surface area contributed by atoms with Crippen LogP contribution in [0.2, 0.25) is 0 Å². The second-order valence-corrected chi connectivity index (χ2v) is 6.75. The lowest BCUT2D eigenvalue weighted by atomic mass is 9.95. The normalized spacial score (nSPS) is 26.5. The van der Waals surface area contributed by atoms with Gasteiger partial charge in [0.1, 0.15) is 11.9 Å². The third-order valence-corrected chi connectivity index (χ3v) is 4.77. The van der Waals surface area contributed by atoms with Crippen LogP contribution in [0.5, 0.6) is 5.75 Å². The molecule has 0 aromatic heterocycles. The summed E-state index contributed by atoms with van der Waals surface area (Å²) in [4.78, 5) is 0. The minimum Gasteiger partial charge on any atom is -0.486 e. The molecule has 3 nitrogen and oxygen atoms in total. The van der Waals surface area contributed by atoms with E-state index in [2.05, 4.69) is 27.3 Å². The van der Waals surface area contributed by atoms with Crippen molar-refractivity contribution in [3.8, 4) is 5.75 Å². The van der Waals surface area contributed by atoms with Gasteiger partial charge in [-0.3, -0.25) is 0 Å². The van der Waals surface area contributed by atoms with Crippen molar-refractivity contribution in [3.05, 3.63) is 28.2 Å². The van der Waals surface area contributed by atoms with Crippen LogP contribution < -0.4 is 10.1 Å². The van der Waals surface area contributed by atoms with Gasteiger partial charge in [-0.05, 0) is 54.1 Å². The van der Waals surface area contributed by atoms with Gasteiger partial charge in [-0.25, -0.2) is 0 Å². The highest BCUT2D eigenvalue weighted by atomic mass is 79.9. The largest absolute Gasteiger partial charge is 0.486 e. The van der Waals surface area contributed by atoms with Gasteiger partial charge >= 0.3 is 0 Å². The Balaban J connectivity index is 1.72. The Kier molecular flexibility index (Phi) is 4.64. The third kappa shape index (κ3) is 3.54. The molecule has 0 heterocycles. The molecule has 2 aliphatic rings. The topological polar surface area (TPSA) is 41.5 Å². The van der Waals surface area contributed by atoms with Gasteiger partial charge in [0.05, 0.1) is 10.6 Å². The lowest BCUT2D eigenvalue weighted by Gasteiger charge is -2.29. The summed E-state index contributed by atoms with van der Waals surface area (Å²) in [5.41, 5.74) is 1.17. The lowest BCUT2D eigenvalue weighted by molar-refractivity contribution is 0.00596. The van der Waals surface area contributed by atoms with Gasteiger partial charge < -0.3 is 15.2 Å². The molecule has 0 bridgehead atoms. The highest BCUT2D eigenvalue weighted by molar-refractivity contribution is 9.10. The van der Waals surface area contributed by atoms with Gasteiger partial charge in [0.25, 0.3) is 0 Å². The summed E-state index contributed by atoms with van der Waals surface area (Å²) in [5, 5.41) is 13.6. The summed E-state index contributed by atoms with van der Waals surface area (Å²) >= 11 is 3.58. The maximum absolute atomic E-state index is 10.1. The van der Waals surface area contributed by atoms with E-state index in [1.807, 2.05) is 12.1 Å². The molecule has 0 spiro atoms. The summed E-state index contributed by atoms with van der Waals surface area (Å²) in [6, 6.07) is 6.83. The summed E-state index contributed by atoms with van der Waals surface area (Å²) in [5.74, 6) is 0.895. The average molecular weight is 340 g/mol. The molecule has 3 rings (SSSR count). The maximum atomic E-state index is 10.1. The average Bonchev–Trinajstić information content (AvgIpc) is 3.26. The van der Waals surface area contributed by atoms with Crippen LogP contribution in [0.3, 0.4) is 0 Å². The molecular formula is C16H22BrNO2. The van der Waals surface area contributed by atoms with Gasteiger partial charge in [-0.2, -0.15) is 0 Å². The van der Waals surface area contributed by atoms with Crippen molar-refractivity contribution in [1.29, 1.82) is 0 Å². The van der Waals surface area contributed by atoms with E-state index in [9.17, 15) is 5.11 Å². The van der Waals surface area contributed by atoms with Crippen molar-refractivity contribution in [2.45, 2.75) is 63.3 Å². The molecule has 2 unspecified atom stereocenters. The Morgan fingerprint density at radius 1 is 1.20 bits per heavy atom. The van der Waals surface area contributed by atoms with Crippen molar-refractivity contribution in [2.75, 3.05) is 0 Å². The SMILES string of the molecule is OC1CCCCC1Oc1c(Br)cccc1CNC1CC1. The molecule has 2 atom stereocenters. The number of ether oxygens (including phenoxy) is 1. The van der Waals surface area contributed by atoms with Crippen molar-refractivity contribution >= 4 is 15.9 Å². The molecule has 0 saturated heterocycles. The number of aliphatic hydroxyl groups is 1. The Morgan fingerprint density at radius 2 is 2.00 bits per heavy atom. The first kappa shape index (κ1) is 14.4. The third-order valence-electron chi connectivity index (χ3n) is 4.14. The number of hydrogen-bond acceptors (Lipinski definition) is 3. The Labute approximate surface area is 128 Å². The van der Waals surface area contributed by atoms with Crippen LogP contribution in [0, 0.1) is 0 Å². The second kappa shape index (κ2) is 6.46. The smallest absolute Gasteiger partial charge is 0.138 e. The van der Waals surface area contributed by atoms with Crippen molar-refractivity contribution < 1.29 is 9.84 Å². The molecule has 1 aromatic carbocycles. The monoisotopic (exact) mass is 339 g/mol. The van der Waals surface area contributed by atoms with Crippen LogP contribution in [-0.4, -0.2) is 23.4 Å². The molecule has 2 saturated carbocycles. The van der Waals surface area contributed by atoms with Crippen LogP contribution in [0.1, 0.15) is 44.1 Å². The van der Waals surface area contributed by atoms with E-state index in [0.29, 0.717) is 6.04 Å². The van der Waals surface area contributed by atoms with E-state index in [-0.39, 0.29) is 12.2 Å². The van der Waals surface area contributed by atoms with Gasteiger partial charge in [0, 0.05) is 18.2 Å². The maximum Gasteiger partial charge on any atom is 0.138 e. The zero-order valence-electron chi connectivity index (χ0n) is 11.6. The molecule has 4 heteroatoms. The number of rotatable bonds is 5. The number of para-hydroxylation sites is 1. The molecule has 1 aromatic rings. The fourth-order valence-corrected chi connectivity index (χ4v) is 3.23. The number of halogens is 1. The van der Waals surface area contributed by atoms with Gasteiger partial charge in [-0.15, -0.1) is 0 Å². The van der Waals surface area contributed by atoms with E-state index in [1.54, 1.807) is 0 Å². The highest BCUT2D eigenvalue weighted by Crippen LogP contribution is 2.33. The van der Waals surface area contributed by atoms with Crippen LogP contribution in [0.25, 0.3) is 0 Å². The Hall–Kier alpha value is -0.580. The summed E-state index contributed by atoms with van der Waals surface area (Å²) in [6.07, 6.45) is 6.21. The van der Waals surface area contributed by atoms with Crippen molar-refractivity contribution in [3.63, 3.8) is 0 Å². The number of nitrogens with one attached hydrogen (secondary N) is 1. The molecule has 20 heavy (non-hydrogen) atoms. The van der Waals surface area contributed by atoms with Gasteiger partial charge in [0.15, 0.2) is 0 Å². The Morgan fingerprint density at radius 3 is 2.75 bits per heavy atom. The minimum atomic E-state index is -0.333. The molecule has 2 fully saturated rings. The van der Waals surface area contributed by atoms with E-state index in [1.165, 1.54) is 18.4 Å². The number of hydrogen-bond donors (Lipinski definition) is 2. The first-order valence-electron chi connectivity index (χ1n) is 7.59. The van der Waals surface area contributed by atoms with Crippen molar-refractivity contribution in [2.24, 2.45) is 0 Å². The standard InChI is InChI=1S/C16H22BrNO2/c17-13-5-3-4-11(10-18-12-8-9-12)16(13)20-15-7-2-1-6-14(15)19/h3-5,12,14-15,18-19H,1-2,6-10H2. The van der Waals surface area contributed by atoms with Crippen LogP contribution >= 0.6 is 15.9 Å². The van der Waals surface area contributed by atoms with Crippen LogP contribution in [0.4, 0.5) is 0 Å². The van der Waals surface area contributed by atoms with Crippen LogP contribution in [-0.2, 0) is 6.54 Å². The van der Waals surface area contributed by atoms with E-state index < -0.39 is 0 Å². The first-order valence-corrected chi connectivity index (χ1v) is 8.39. The molecule has 2 N–H and O–H groups in total. The predicted octanol–water partition coefficient (Wildman–Crippen LogP) is 3.38. The van der Waals surface area contributed by atoms with Crippen molar-refractivity contribution in [1.82, 2.24) is 5.32 Å². The van der Waals surface area contributed by atoms with Gasteiger partial charge in [-0.1, -0.05) is 18.6 Å². The highest BCUT2D eigenvalue weighted by Gasteiger charge is 2.26. The summed E-state index contributed by atoms with van der Waals surface area (Å²) < 4.78 is 7.12. The zero-order valence-corrected chi connectivity index (χ0v) is 13.2. The number of benzene rings is 1. The number of aliphatic hydroxyl groups excluding tert-OH is 1. The molecule has 0 radical (unpaired) electrons. The Bertz CT molecular complexity index is 462. The molecule has 2 aliphatic carbocycles. The lowest BCUT2D eigenvalue weighted by Crippen LogP contribution is -2.35. The quantitative estimate of drug-likeness (QED) is 0.863. The predicted molar refractivity (Wildman–Crippen MR) is 82.9 cm³/mol. The first-order chi connectivity index (χ1) is 9.74. The molecular weight excluding hydrogens is 318 g/mol. The fraction of sp³-hybridized carbons (Fsp3) is 0.625.